The Labute approximate surface area is 280 Å². The molecule has 10 heteroatoms. The van der Waals surface area contributed by atoms with E-state index in [0.29, 0.717) is 84.4 Å². The van der Waals surface area contributed by atoms with Crippen LogP contribution in [0.2, 0.25) is 0 Å². The van der Waals surface area contributed by atoms with E-state index in [9.17, 15) is 19.2 Å². The van der Waals surface area contributed by atoms with Crippen molar-refractivity contribution in [1.29, 1.82) is 0 Å². The van der Waals surface area contributed by atoms with Gasteiger partial charge < -0.3 is 28.4 Å². The van der Waals surface area contributed by atoms with Gasteiger partial charge in [0.15, 0.2) is 0 Å². The zero-order valence-corrected chi connectivity index (χ0v) is 27.5. The molecule has 0 radical (unpaired) electrons. The zero-order valence-electron chi connectivity index (χ0n) is 27.5. The van der Waals surface area contributed by atoms with Crippen LogP contribution in [0.15, 0.2) is 97.1 Å². The number of rotatable bonds is 18. The Hall–Kier alpha value is -5.64. The van der Waals surface area contributed by atoms with Gasteiger partial charge in [-0.2, -0.15) is 0 Å². The molecule has 0 aromatic heterocycles. The van der Waals surface area contributed by atoms with Crippen LogP contribution in [0, 0.1) is 6.92 Å². The highest BCUT2D eigenvalue weighted by molar-refractivity contribution is 5.91. The first kappa shape index (κ1) is 36.8. The van der Waals surface area contributed by atoms with Crippen LogP contribution < -0.4 is 18.9 Å². The van der Waals surface area contributed by atoms with E-state index in [1.807, 2.05) is 0 Å². The molecule has 0 bridgehead atoms. The summed E-state index contributed by atoms with van der Waals surface area (Å²) in [6, 6.07) is 18.4. The topological polar surface area (TPSA) is 124 Å². The smallest absolute Gasteiger partial charge is 0.343 e. The molecule has 0 aliphatic carbocycles. The Morgan fingerprint density at radius 2 is 1.17 bits per heavy atom. The molecule has 0 fully saturated rings. The van der Waals surface area contributed by atoms with E-state index >= 15 is 0 Å². The molecule has 0 unspecified atom stereocenters. The van der Waals surface area contributed by atoms with E-state index in [1.165, 1.54) is 6.08 Å². The standard InChI is InChI=1S/C38H40O10/c1-26(2)36(40)45-22-7-6-21-43-32-16-12-30(13-17-32)38(42)47-33-18-19-34(28(5)25-33)48-35(39)20-11-29-9-14-31(15-10-29)44-23-8-24-46-37(41)27(3)4/h9-20,25H,1,3,6-8,21-24H2,2,4-5H3/b20-11+. The Bertz CT molecular complexity index is 1620. The van der Waals surface area contributed by atoms with Crippen LogP contribution in [0.25, 0.3) is 6.08 Å². The molecule has 3 rings (SSSR count). The molecule has 10 nitrogen and oxygen atoms in total. The minimum Gasteiger partial charge on any atom is -0.494 e. The fourth-order valence-electron chi connectivity index (χ4n) is 3.85. The predicted octanol–water partition coefficient (Wildman–Crippen LogP) is 7.00. The monoisotopic (exact) mass is 656 g/mol. The van der Waals surface area contributed by atoms with Gasteiger partial charge >= 0.3 is 23.9 Å². The van der Waals surface area contributed by atoms with Crippen molar-refractivity contribution < 1.29 is 47.6 Å². The van der Waals surface area contributed by atoms with E-state index in [4.69, 9.17) is 28.4 Å². The van der Waals surface area contributed by atoms with E-state index < -0.39 is 23.9 Å². The van der Waals surface area contributed by atoms with Crippen molar-refractivity contribution in [2.75, 3.05) is 26.4 Å². The van der Waals surface area contributed by atoms with Crippen molar-refractivity contribution in [3.8, 4) is 23.0 Å². The number of hydrogen-bond donors (Lipinski definition) is 0. The molecule has 0 saturated heterocycles. The van der Waals surface area contributed by atoms with Crippen molar-refractivity contribution in [3.63, 3.8) is 0 Å². The Morgan fingerprint density at radius 1 is 0.646 bits per heavy atom. The van der Waals surface area contributed by atoms with Crippen molar-refractivity contribution in [1.82, 2.24) is 0 Å². The maximum atomic E-state index is 12.7. The zero-order chi connectivity index (χ0) is 34.9. The van der Waals surface area contributed by atoms with Crippen LogP contribution in [0.5, 0.6) is 23.0 Å². The average Bonchev–Trinajstić information content (AvgIpc) is 3.06. The van der Waals surface area contributed by atoms with Crippen LogP contribution >= 0.6 is 0 Å². The van der Waals surface area contributed by atoms with Gasteiger partial charge in [0.2, 0.25) is 0 Å². The predicted molar refractivity (Wildman–Crippen MR) is 180 cm³/mol. The minimum absolute atomic E-state index is 0.245. The third kappa shape index (κ3) is 13.0. The fourth-order valence-corrected chi connectivity index (χ4v) is 3.85. The summed E-state index contributed by atoms with van der Waals surface area (Å²) in [4.78, 5) is 47.8. The lowest BCUT2D eigenvalue weighted by Gasteiger charge is -2.10. The van der Waals surface area contributed by atoms with Crippen LogP contribution in [0.3, 0.4) is 0 Å². The quantitative estimate of drug-likeness (QED) is 0.0612. The molecule has 3 aromatic rings. The van der Waals surface area contributed by atoms with Crippen molar-refractivity contribution >= 4 is 30.0 Å². The van der Waals surface area contributed by atoms with Crippen LogP contribution in [0.4, 0.5) is 0 Å². The Kier molecular flexibility index (Phi) is 14.7. The molecule has 48 heavy (non-hydrogen) atoms. The number of aryl methyl sites for hydroxylation is 1. The lowest BCUT2D eigenvalue weighted by molar-refractivity contribution is -0.140. The molecule has 0 spiro atoms. The van der Waals surface area contributed by atoms with Gasteiger partial charge in [-0.25, -0.2) is 19.2 Å². The summed E-state index contributed by atoms with van der Waals surface area (Å²) < 4.78 is 32.3. The van der Waals surface area contributed by atoms with E-state index in [-0.39, 0.29) is 6.61 Å². The van der Waals surface area contributed by atoms with Crippen molar-refractivity contribution in [2.24, 2.45) is 0 Å². The van der Waals surface area contributed by atoms with Crippen LogP contribution in [-0.4, -0.2) is 50.3 Å². The van der Waals surface area contributed by atoms with Gasteiger partial charge in [-0.3, -0.25) is 0 Å². The third-order valence-corrected chi connectivity index (χ3v) is 6.48. The molecule has 0 saturated carbocycles. The normalized spacial score (nSPS) is 10.6. The number of unbranched alkanes of at least 4 members (excludes halogenated alkanes) is 1. The summed E-state index contributed by atoms with van der Waals surface area (Å²) in [5, 5.41) is 0. The number of carbonyl (C=O) groups is 4. The fraction of sp³-hybridized carbons (Fsp3) is 0.263. The van der Waals surface area contributed by atoms with E-state index in [1.54, 1.807) is 93.6 Å². The molecule has 0 atom stereocenters. The SMILES string of the molecule is C=C(C)C(=O)OCCCCOc1ccc(C(=O)Oc2ccc(OC(=O)/C=C/c3ccc(OCCCOC(=O)C(=C)C)cc3)c(C)c2)cc1. The van der Waals surface area contributed by atoms with Crippen LogP contribution in [-0.2, 0) is 23.9 Å². The first-order valence-electron chi connectivity index (χ1n) is 15.4. The first-order chi connectivity index (χ1) is 23.0. The number of ether oxygens (including phenoxy) is 6. The van der Waals surface area contributed by atoms with E-state index in [2.05, 4.69) is 13.2 Å². The molecule has 0 amide bonds. The summed E-state index contributed by atoms with van der Waals surface area (Å²) in [5.74, 6) is -0.0657. The summed E-state index contributed by atoms with van der Waals surface area (Å²) in [5.41, 5.74) is 2.44. The van der Waals surface area contributed by atoms with Gasteiger partial charge in [0.25, 0.3) is 0 Å². The largest absolute Gasteiger partial charge is 0.494 e. The van der Waals surface area contributed by atoms with Gasteiger partial charge in [-0.15, -0.1) is 0 Å². The Balaban J connectivity index is 1.39. The minimum atomic E-state index is -0.569. The molecule has 0 N–H and O–H groups in total. The second-order valence-electron chi connectivity index (χ2n) is 10.8. The lowest BCUT2D eigenvalue weighted by Crippen LogP contribution is -2.09. The van der Waals surface area contributed by atoms with Gasteiger partial charge in [0.05, 0.1) is 32.0 Å². The third-order valence-electron chi connectivity index (χ3n) is 6.48. The van der Waals surface area contributed by atoms with E-state index in [0.717, 1.165) is 5.56 Å². The number of carbonyl (C=O) groups excluding carboxylic acids is 4. The average molecular weight is 657 g/mol. The van der Waals surface area contributed by atoms with Crippen molar-refractivity contribution in [2.45, 2.75) is 40.0 Å². The summed E-state index contributed by atoms with van der Waals surface area (Å²) in [6.07, 6.45) is 4.83. The van der Waals surface area contributed by atoms with Gasteiger partial charge in [0, 0.05) is 23.6 Å². The summed E-state index contributed by atoms with van der Waals surface area (Å²) in [7, 11) is 0. The number of esters is 4. The second-order valence-corrected chi connectivity index (χ2v) is 10.8. The molecule has 3 aromatic carbocycles. The second kappa shape index (κ2) is 19.1. The number of benzene rings is 3. The molecule has 0 aliphatic rings. The lowest BCUT2D eigenvalue weighted by atomic mass is 10.2. The summed E-state index contributed by atoms with van der Waals surface area (Å²) in [6.45, 7) is 13.4. The molecule has 252 valence electrons. The first-order valence-corrected chi connectivity index (χ1v) is 15.4. The molecule has 0 heterocycles. The summed E-state index contributed by atoms with van der Waals surface area (Å²) >= 11 is 0. The molecular formula is C38H40O10. The highest BCUT2D eigenvalue weighted by atomic mass is 16.5. The number of hydrogen-bond acceptors (Lipinski definition) is 10. The highest BCUT2D eigenvalue weighted by Crippen LogP contribution is 2.25. The molecule has 0 aliphatic heterocycles. The van der Waals surface area contributed by atoms with Gasteiger partial charge in [-0.1, -0.05) is 25.3 Å². The van der Waals surface area contributed by atoms with Gasteiger partial charge in [0.1, 0.15) is 23.0 Å². The van der Waals surface area contributed by atoms with Crippen molar-refractivity contribution in [3.05, 3.63) is 114 Å². The molecular weight excluding hydrogens is 616 g/mol. The Morgan fingerprint density at radius 3 is 1.75 bits per heavy atom. The van der Waals surface area contributed by atoms with Crippen LogP contribution in [0.1, 0.15) is 54.6 Å². The highest BCUT2D eigenvalue weighted by Gasteiger charge is 2.12. The van der Waals surface area contributed by atoms with Gasteiger partial charge in [-0.05, 0) is 105 Å². The maximum absolute atomic E-state index is 12.7. The maximum Gasteiger partial charge on any atom is 0.343 e.